The molecule has 0 aromatic heterocycles. The largest absolute Gasteiger partial charge is 0.321 e. The highest BCUT2D eigenvalue weighted by molar-refractivity contribution is 9.10. The molecule has 0 spiro atoms. The van der Waals surface area contributed by atoms with Crippen LogP contribution in [-0.4, -0.2) is 31.7 Å². The van der Waals surface area contributed by atoms with Gasteiger partial charge in [0.1, 0.15) is 4.90 Å². The molecule has 2 aromatic carbocycles. The Morgan fingerprint density at radius 1 is 1.08 bits per heavy atom. The van der Waals surface area contributed by atoms with Crippen LogP contribution in [0.3, 0.4) is 0 Å². The standard InChI is InChI=1S/C17H17BrCl2N2O3S/c1-3-22(4-2)26(24,25)16-9-11(5-7-13(16)19)17(23)21-15-8-6-12(18)10-14(15)20/h5-10H,3-4H2,1-2H3,(H,21,23). The van der Waals surface area contributed by atoms with E-state index in [0.29, 0.717) is 23.8 Å². The van der Waals surface area contributed by atoms with Crippen molar-refractivity contribution in [2.45, 2.75) is 18.7 Å². The van der Waals surface area contributed by atoms with Crippen molar-refractivity contribution >= 4 is 60.7 Å². The molecule has 0 bridgehead atoms. The van der Waals surface area contributed by atoms with Gasteiger partial charge in [0.05, 0.1) is 15.7 Å². The Kier molecular flexibility index (Phi) is 7.10. The third kappa shape index (κ3) is 4.58. The van der Waals surface area contributed by atoms with Crippen LogP contribution in [0.5, 0.6) is 0 Å². The molecule has 0 atom stereocenters. The topological polar surface area (TPSA) is 66.5 Å². The molecule has 26 heavy (non-hydrogen) atoms. The lowest BCUT2D eigenvalue weighted by atomic mass is 10.2. The van der Waals surface area contributed by atoms with Gasteiger partial charge >= 0.3 is 0 Å². The van der Waals surface area contributed by atoms with Gasteiger partial charge in [-0.3, -0.25) is 4.79 Å². The average molecular weight is 480 g/mol. The summed E-state index contributed by atoms with van der Waals surface area (Å²) in [7, 11) is -3.79. The summed E-state index contributed by atoms with van der Waals surface area (Å²) in [5.74, 6) is -0.484. The zero-order chi connectivity index (χ0) is 19.5. The minimum absolute atomic E-state index is 0.0649. The van der Waals surface area contributed by atoms with Gasteiger partial charge in [0.15, 0.2) is 0 Å². The number of hydrogen-bond acceptors (Lipinski definition) is 3. The van der Waals surface area contributed by atoms with Gasteiger partial charge in [0, 0.05) is 23.1 Å². The van der Waals surface area contributed by atoms with Crippen LogP contribution in [0.1, 0.15) is 24.2 Å². The van der Waals surface area contributed by atoms with Gasteiger partial charge in [0.2, 0.25) is 10.0 Å². The van der Waals surface area contributed by atoms with Crippen molar-refractivity contribution in [1.82, 2.24) is 4.31 Å². The second-order valence-corrected chi connectivity index (χ2v) is 8.95. The Morgan fingerprint density at radius 3 is 2.31 bits per heavy atom. The van der Waals surface area contributed by atoms with E-state index in [1.54, 1.807) is 32.0 Å². The highest BCUT2D eigenvalue weighted by Gasteiger charge is 2.25. The number of halogens is 3. The van der Waals surface area contributed by atoms with Crippen LogP contribution in [0.2, 0.25) is 10.0 Å². The van der Waals surface area contributed by atoms with Crippen LogP contribution in [0.15, 0.2) is 45.8 Å². The maximum Gasteiger partial charge on any atom is 0.255 e. The van der Waals surface area contributed by atoms with Crippen LogP contribution in [0.4, 0.5) is 5.69 Å². The zero-order valence-corrected chi connectivity index (χ0v) is 18.0. The Bertz CT molecular complexity index is 932. The fourth-order valence-electron chi connectivity index (χ4n) is 2.33. The van der Waals surface area contributed by atoms with Crippen molar-refractivity contribution < 1.29 is 13.2 Å². The fourth-order valence-corrected chi connectivity index (χ4v) is 5.01. The summed E-state index contributed by atoms with van der Waals surface area (Å²) in [5, 5.41) is 3.09. The molecule has 140 valence electrons. The number of sulfonamides is 1. The predicted octanol–water partition coefficient (Wildman–Crippen LogP) is 5.04. The summed E-state index contributed by atoms with van der Waals surface area (Å²) >= 11 is 15.5. The first-order valence-corrected chi connectivity index (χ1v) is 10.8. The zero-order valence-electron chi connectivity index (χ0n) is 14.1. The highest BCUT2D eigenvalue weighted by Crippen LogP contribution is 2.28. The third-order valence-corrected chi connectivity index (χ3v) is 7.03. The van der Waals surface area contributed by atoms with Gasteiger partial charge in [-0.15, -0.1) is 0 Å². The molecule has 0 heterocycles. The van der Waals surface area contributed by atoms with Gasteiger partial charge < -0.3 is 5.32 Å². The Labute approximate surface area is 171 Å². The summed E-state index contributed by atoms with van der Waals surface area (Å²) < 4.78 is 27.5. The SMILES string of the molecule is CCN(CC)S(=O)(=O)c1cc(C(=O)Nc2ccc(Br)cc2Cl)ccc1Cl. The molecule has 0 unspecified atom stereocenters. The molecule has 0 aliphatic rings. The van der Waals surface area contributed by atoms with Crippen molar-refractivity contribution in [3.8, 4) is 0 Å². The molecule has 2 rings (SSSR count). The number of nitrogens with zero attached hydrogens (tertiary/aromatic N) is 1. The minimum Gasteiger partial charge on any atom is -0.321 e. The number of hydrogen-bond donors (Lipinski definition) is 1. The third-order valence-electron chi connectivity index (χ3n) is 3.70. The summed E-state index contributed by atoms with van der Waals surface area (Å²) in [6, 6.07) is 9.17. The molecule has 2 aromatic rings. The number of benzene rings is 2. The first-order valence-electron chi connectivity index (χ1n) is 7.76. The van der Waals surface area contributed by atoms with E-state index in [1.165, 1.54) is 22.5 Å². The number of carbonyl (C=O) groups excluding carboxylic acids is 1. The molecule has 1 N–H and O–H groups in total. The molecular formula is C17H17BrCl2N2O3S. The molecular weight excluding hydrogens is 463 g/mol. The molecule has 1 amide bonds. The average Bonchev–Trinajstić information content (AvgIpc) is 2.58. The first kappa shape index (κ1) is 21.2. The van der Waals surface area contributed by atoms with Crippen molar-refractivity contribution in [2.75, 3.05) is 18.4 Å². The van der Waals surface area contributed by atoms with E-state index in [2.05, 4.69) is 21.2 Å². The Balaban J connectivity index is 2.38. The second kappa shape index (κ2) is 8.71. The van der Waals surface area contributed by atoms with Crippen molar-refractivity contribution in [3.63, 3.8) is 0 Å². The molecule has 0 saturated heterocycles. The molecule has 0 aliphatic heterocycles. The molecule has 0 fully saturated rings. The molecule has 0 saturated carbocycles. The van der Waals surface area contributed by atoms with Gasteiger partial charge in [0.25, 0.3) is 5.91 Å². The number of carbonyl (C=O) groups is 1. The first-order chi connectivity index (χ1) is 12.2. The summed E-state index contributed by atoms with van der Waals surface area (Å²) in [4.78, 5) is 12.4. The summed E-state index contributed by atoms with van der Waals surface area (Å²) in [6.45, 7) is 4.09. The van der Waals surface area contributed by atoms with E-state index >= 15 is 0 Å². The van der Waals surface area contributed by atoms with Crippen molar-refractivity contribution in [1.29, 1.82) is 0 Å². The quantitative estimate of drug-likeness (QED) is 0.631. The van der Waals surface area contributed by atoms with Crippen LogP contribution in [-0.2, 0) is 10.0 Å². The van der Waals surface area contributed by atoms with Crippen LogP contribution in [0, 0.1) is 0 Å². The molecule has 0 radical (unpaired) electrons. The lowest BCUT2D eigenvalue weighted by Gasteiger charge is -2.19. The van der Waals surface area contributed by atoms with Gasteiger partial charge in [-0.25, -0.2) is 8.42 Å². The van der Waals surface area contributed by atoms with Crippen molar-refractivity contribution in [2.24, 2.45) is 0 Å². The van der Waals surface area contributed by atoms with E-state index in [1.807, 2.05) is 0 Å². The molecule has 0 aliphatic carbocycles. The van der Waals surface area contributed by atoms with E-state index < -0.39 is 15.9 Å². The van der Waals surface area contributed by atoms with Gasteiger partial charge in [-0.05, 0) is 36.4 Å². The summed E-state index contributed by atoms with van der Waals surface area (Å²) in [6.07, 6.45) is 0. The van der Waals surface area contributed by atoms with Gasteiger partial charge in [-0.1, -0.05) is 53.0 Å². The maximum atomic E-state index is 12.7. The number of amides is 1. The monoisotopic (exact) mass is 478 g/mol. The van der Waals surface area contributed by atoms with E-state index in [4.69, 9.17) is 23.2 Å². The predicted molar refractivity (Wildman–Crippen MR) is 109 cm³/mol. The molecule has 9 heteroatoms. The van der Waals surface area contributed by atoms with Gasteiger partial charge in [-0.2, -0.15) is 4.31 Å². The van der Waals surface area contributed by atoms with E-state index in [0.717, 1.165) is 4.47 Å². The van der Waals surface area contributed by atoms with E-state index in [-0.39, 0.29) is 15.5 Å². The number of nitrogens with one attached hydrogen (secondary N) is 1. The lowest BCUT2D eigenvalue weighted by molar-refractivity contribution is 0.102. The second-order valence-electron chi connectivity index (χ2n) is 5.31. The Hall–Kier alpha value is -1.12. The minimum atomic E-state index is -3.79. The Morgan fingerprint density at radius 2 is 1.73 bits per heavy atom. The highest BCUT2D eigenvalue weighted by atomic mass is 79.9. The number of rotatable bonds is 6. The normalized spacial score (nSPS) is 11.6. The maximum absolute atomic E-state index is 12.7. The van der Waals surface area contributed by atoms with Crippen LogP contribution < -0.4 is 5.32 Å². The number of anilines is 1. The van der Waals surface area contributed by atoms with Crippen molar-refractivity contribution in [3.05, 3.63) is 56.5 Å². The smallest absolute Gasteiger partial charge is 0.255 e. The van der Waals surface area contributed by atoms with Crippen LogP contribution >= 0.6 is 39.1 Å². The van der Waals surface area contributed by atoms with Crippen LogP contribution in [0.25, 0.3) is 0 Å². The van der Waals surface area contributed by atoms with E-state index in [9.17, 15) is 13.2 Å². The lowest BCUT2D eigenvalue weighted by Crippen LogP contribution is -2.31. The summed E-state index contributed by atoms with van der Waals surface area (Å²) in [5.41, 5.74) is 0.585. The molecule has 5 nitrogen and oxygen atoms in total. The fraction of sp³-hybridized carbons (Fsp3) is 0.235.